The van der Waals surface area contributed by atoms with Gasteiger partial charge in [0.15, 0.2) is 5.43 Å². The molecule has 0 N–H and O–H groups in total. The number of benzene rings is 2. The normalized spacial score (nSPS) is 15.6. The van der Waals surface area contributed by atoms with E-state index >= 15 is 0 Å². The number of thiophene rings is 1. The number of carbonyl (C=O) groups is 1. The number of nitrogens with zero attached hydrogens (tertiary/aromatic N) is 1. The van der Waals surface area contributed by atoms with E-state index in [2.05, 4.69) is 0 Å². The lowest BCUT2D eigenvalue weighted by atomic mass is 10.0. The molecule has 0 fully saturated rings. The zero-order chi connectivity index (χ0) is 20.8. The number of amides is 1. The summed E-state index contributed by atoms with van der Waals surface area (Å²) in [5.74, 6) is 0.541. The first kappa shape index (κ1) is 18.9. The fourth-order valence-electron chi connectivity index (χ4n) is 3.83. The molecule has 1 atom stereocenters. The van der Waals surface area contributed by atoms with E-state index in [9.17, 15) is 9.59 Å². The van der Waals surface area contributed by atoms with Gasteiger partial charge in [0.05, 0.1) is 18.1 Å². The summed E-state index contributed by atoms with van der Waals surface area (Å²) in [6.07, 6.45) is 0. The average Bonchev–Trinajstić information content (AvgIpc) is 3.37. The zero-order valence-corrected chi connectivity index (χ0v) is 17.5. The molecule has 150 valence electrons. The molecule has 5 rings (SSSR count). The minimum atomic E-state index is -0.505. The first-order valence-corrected chi connectivity index (χ1v) is 10.6. The third kappa shape index (κ3) is 3.00. The quantitative estimate of drug-likeness (QED) is 0.437. The molecule has 4 aromatic rings. The number of methoxy groups -OCH3 is 1. The fraction of sp³-hybridized carbons (Fsp3) is 0.130. The molecule has 1 unspecified atom stereocenters. The molecule has 3 heterocycles. The summed E-state index contributed by atoms with van der Waals surface area (Å²) in [6, 6.07) is 15.7. The lowest BCUT2D eigenvalue weighted by molar-refractivity contribution is 0.0716. The van der Waals surface area contributed by atoms with Gasteiger partial charge in [-0.15, -0.1) is 11.3 Å². The highest BCUT2D eigenvalue weighted by molar-refractivity contribution is 7.10. The molecule has 7 heteroatoms. The van der Waals surface area contributed by atoms with E-state index in [0.29, 0.717) is 28.1 Å². The molecular weight excluding hydrogens is 422 g/mol. The SMILES string of the molecule is COc1ccc(CN2C(=O)c3oc4ccc(Cl)cc4c(=O)c3C2c2cccs2)cc1. The third-order valence-corrected chi connectivity index (χ3v) is 6.41. The van der Waals surface area contributed by atoms with Crippen LogP contribution in [0.5, 0.6) is 5.75 Å². The molecule has 0 saturated carbocycles. The first-order valence-electron chi connectivity index (χ1n) is 9.30. The fourth-order valence-corrected chi connectivity index (χ4v) is 4.84. The highest BCUT2D eigenvalue weighted by Crippen LogP contribution is 2.40. The Morgan fingerprint density at radius 1 is 1.13 bits per heavy atom. The summed E-state index contributed by atoms with van der Waals surface area (Å²) in [7, 11) is 1.61. The predicted molar refractivity (Wildman–Crippen MR) is 117 cm³/mol. The maximum Gasteiger partial charge on any atom is 0.291 e. The highest BCUT2D eigenvalue weighted by Gasteiger charge is 2.43. The summed E-state index contributed by atoms with van der Waals surface area (Å²) >= 11 is 7.60. The summed E-state index contributed by atoms with van der Waals surface area (Å²) in [6.45, 7) is 0.339. The van der Waals surface area contributed by atoms with E-state index in [1.54, 1.807) is 30.2 Å². The van der Waals surface area contributed by atoms with Crippen molar-refractivity contribution in [2.45, 2.75) is 12.6 Å². The smallest absolute Gasteiger partial charge is 0.291 e. The van der Waals surface area contributed by atoms with Gasteiger partial charge in [0.1, 0.15) is 17.4 Å². The van der Waals surface area contributed by atoms with Gasteiger partial charge in [0.2, 0.25) is 5.76 Å². The number of ether oxygens (including phenoxy) is 1. The van der Waals surface area contributed by atoms with Crippen molar-refractivity contribution in [1.82, 2.24) is 4.90 Å². The van der Waals surface area contributed by atoms with Gasteiger partial charge in [-0.25, -0.2) is 0 Å². The van der Waals surface area contributed by atoms with E-state index < -0.39 is 6.04 Å². The van der Waals surface area contributed by atoms with Crippen molar-refractivity contribution in [2.75, 3.05) is 7.11 Å². The number of fused-ring (bicyclic) bond motifs is 2. The molecule has 5 nitrogen and oxygen atoms in total. The second-order valence-corrected chi connectivity index (χ2v) is 8.43. The Hall–Kier alpha value is -3.09. The van der Waals surface area contributed by atoms with E-state index in [1.807, 2.05) is 41.8 Å². The third-order valence-electron chi connectivity index (χ3n) is 5.25. The molecule has 30 heavy (non-hydrogen) atoms. The molecule has 1 aliphatic heterocycles. The van der Waals surface area contributed by atoms with E-state index in [4.69, 9.17) is 20.8 Å². The van der Waals surface area contributed by atoms with Gasteiger partial charge in [-0.1, -0.05) is 29.8 Å². The zero-order valence-electron chi connectivity index (χ0n) is 15.9. The monoisotopic (exact) mass is 437 g/mol. The summed E-state index contributed by atoms with van der Waals surface area (Å²) in [5, 5.41) is 2.76. The minimum absolute atomic E-state index is 0.0988. The Kier molecular flexibility index (Phi) is 4.60. The van der Waals surface area contributed by atoms with Gasteiger partial charge < -0.3 is 14.1 Å². The Morgan fingerprint density at radius 2 is 1.93 bits per heavy atom. The van der Waals surface area contributed by atoms with Gasteiger partial charge >= 0.3 is 0 Å². The van der Waals surface area contributed by atoms with Crippen LogP contribution in [0.4, 0.5) is 0 Å². The molecule has 0 radical (unpaired) electrons. The van der Waals surface area contributed by atoms with Gasteiger partial charge in [0.25, 0.3) is 5.91 Å². The molecule has 1 amide bonds. The summed E-state index contributed by atoms with van der Waals surface area (Å²) in [5.41, 5.74) is 1.43. The van der Waals surface area contributed by atoms with Crippen LogP contribution < -0.4 is 10.2 Å². The van der Waals surface area contributed by atoms with Crippen LogP contribution in [0.3, 0.4) is 0 Å². The van der Waals surface area contributed by atoms with Gasteiger partial charge in [0, 0.05) is 16.4 Å². The molecule has 0 aliphatic carbocycles. The van der Waals surface area contributed by atoms with Gasteiger partial charge in [-0.2, -0.15) is 0 Å². The van der Waals surface area contributed by atoms with Crippen LogP contribution in [0.2, 0.25) is 5.02 Å². The Balaban J connectivity index is 1.67. The van der Waals surface area contributed by atoms with Crippen molar-refractivity contribution in [3.05, 3.63) is 97.0 Å². The molecule has 1 aliphatic rings. The van der Waals surface area contributed by atoms with Crippen LogP contribution in [0, 0.1) is 0 Å². The number of hydrogen-bond donors (Lipinski definition) is 0. The van der Waals surface area contributed by atoms with Crippen molar-refractivity contribution in [3.63, 3.8) is 0 Å². The van der Waals surface area contributed by atoms with E-state index in [-0.39, 0.29) is 17.1 Å². The number of halogens is 1. The molecule has 2 aromatic heterocycles. The maximum atomic E-state index is 13.4. The minimum Gasteiger partial charge on any atom is -0.497 e. The van der Waals surface area contributed by atoms with Crippen LogP contribution >= 0.6 is 22.9 Å². The summed E-state index contributed by atoms with van der Waals surface area (Å²) < 4.78 is 11.1. The Morgan fingerprint density at radius 3 is 2.63 bits per heavy atom. The highest BCUT2D eigenvalue weighted by atomic mass is 35.5. The second-order valence-electron chi connectivity index (χ2n) is 7.01. The summed E-state index contributed by atoms with van der Waals surface area (Å²) in [4.78, 5) is 29.3. The van der Waals surface area contributed by atoms with Gasteiger partial charge in [-0.05, 0) is 47.3 Å². The second kappa shape index (κ2) is 7.31. The van der Waals surface area contributed by atoms with Crippen molar-refractivity contribution in [3.8, 4) is 5.75 Å². The van der Waals surface area contributed by atoms with Crippen LogP contribution in [-0.2, 0) is 6.54 Å². The van der Waals surface area contributed by atoms with Crippen LogP contribution in [-0.4, -0.2) is 17.9 Å². The molecular formula is C23H16ClNO4S. The topological polar surface area (TPSA) is 59.8 Å². The molecule has 2 aromatic carbocycles. The van der Waals surface area contributed by atoms with E-state index in [0.717, 1.165) is 16.2 Å². The number of rotatable bonds is 4. The lowest BCUT2D eigenvalue weighted by Gasteiger charge is -2.24. The standard InChI is InChI=1S/C23H16ClNO4S/c1-28-15-7-4-13(5-8-15)12-25-20(18-3-2-10-30-18)19-21(26)16-11-14(24)6-9-17(16)29-22(19)23(25)27/h2-11,20H,12H2,1H3. The van der Waals surface area contributed by atoms with Crippen LogP contribution in [0.15, 0.2) is 69.2 Å². The van der Waals surface area contributed by atoms with Crippen molar-refractivity contribution in [2.24, 2.45) is 0 Å². The number of carbonyl (C=O) groups excluding carboxylic acids is 1. The van der Waals surface area contributed by atoms with E-state index in [1.165, 1.54) is 11.3 Å². The molecule has 0 bridgehead atoms. The average molecular weight is 438 g/mol. The number of hydrogen-bond acceptors (Lipinski definition) is 5. The lowest BCUT2D eigenvalue weighted by Crippen LogP contribution is -2.28. The van der Waals surface area contributed by atoms with Crippen LogP contribution in [0.25, 0.3) is 11.0 Å². The van der Waals surface area contributed by atoms with Gasteiger partial charge in [-0.3, -0.25) is 9.59 Å². The predicted octanol–water partition coefficient (Wildman–Crippen LogP) is 5.26. The molecule has 0 spiro atoms. The van der Waals surface area contributed by atoms with Crippen molar-refractivity contribution >= 4 is 39.8 Å². The Labute approximate surface area is 181 Å². The van der Waals surface area contributed by atoms with Crippen molar-refractivity contribution < 1.29 is 13.9 Å². The first-order chi connectivity index (χ1) is 14.6. The maximum absolute atomic E-state index is 13.4. The Bertz CT molecular complexity index is 1310. The van der Waals surface area contributed by atoms with Crippen molar-refractivity contribution in [1.29, 1.82) is 0 Å². The van der Waals surface area contributed by atoms with Crippen LogP contribution in [0.1, 0.15) is 32.6 Å². The largest absolute Gasteiger partial charge is 0.497 e. The molecule has 0 saturated heterocycles.